The quantitative estimate of drug-likeness (QED) is 0.633. The fourth-order valence-electron chi connectivity index (χ4n) is 2.18. The number of nitrogens with one attached hydrogen (secondary N) is 1. The summed E-state index contributed by atoms with van der Waals surface area (Å²) in [7, 11) is 1.27. The van der Waals surface area contributed by atoms with Crippen LogP contribution in [0.4, 0.5) is 0 Å². The Labute approximate surface area is 140 Å². The topological polar surface area (TPSA) is 89.9 Å². The molecule has 7 nitrogen and oxygen atoms in total. The van der Waals surface area contributed by atoms with Crippen LogP contribution in [0.5, 0.6) is 5.75 Å². The molecule has 0 spiro atoms. The third-order valence-electron chi connectivity index (χ3n) is 4.02. The number of carbonyl (C=O) groups excluding carboxylic acids is 2. The van der Waals surface area contributed by atoms with Crippen LogP contribution >= 0.6 is 0 Å². The van der Waals surface area contributed by atoms with Gasteiger partial charge in [-0.15, -0.1) is 0 Å². The van der Waals surface area contributed by atoms with Crippen molar-refractivity contribution in [3.8, 4) is 5.75 Å². The number of aromatic nitrogens is 1. The molecule has 2 rings (SSSR count). The Morgan fingerprint density at radius 2 is 2.21 bits per heavy atom. The summed E-state index contributed by atoms with van der Waals surface area (Å²) >= 11 is 0. The van der Waals surface area contributed by atoms with E-state index in [4.69, 9.17) is 9.47 Å². The number of methoxy groups -OCH3 is 1. The van der Waals surface area contributed by atoms with E-state index >= 15 is 0 Å². The van der Waals surface area contributed by atoms with Gasteiger partial charge in [0.15, 0.2) is 5.84 Å². The second-order valence-corrected chi connectivity index (χ2v) is 5.88. The number of ether oxygens (including phenoxy) is 2. The lowest BCUT2D eigenvalue weighted by molar-refractivity contribution is -0.124. The Kier molecular flexibility index (Phi) is 5.02. The highest BCUT2D eigenvalue weighted by Crippen LogP contribution is 2.28. The Hall–Kier alpha value is -2.70. The molecule has 0 saturated heterocycles. The highest BCUT2D eigenvalue weighted by molar-refractivity contribution is 6.17. The molecule has 1 aromatic heterocycles. The molecule has 1 aromatic rings. The summed E-state index contributed by atoms with van der Waals surface area (Å²) in [6.07, 6.45) is 3.05. The molecule has 0 saturated carbocycles. The molecule has 0 fully saturated rings. The van der Waals surface area contributed by atoms with E-state index in [2.05, 4.69) is 21.9 Å². The highest BCUT2D eigenvalue weighted by Gasteiger charge is 2.43. The number of hydrogen-bond donors (Lipinski definition) is 1. The number of amidine groups is 1. The molecule has 0 aliphatic carbocycles. The largest absolute Gasteiger partial charge is 0.488 e. The fourth-order valence-corrected chi connectivity index (χ4v) is 2.18. The van der Waals surface area contributed by atoms with Gasteiger partial charge in [-0.2, -0.15) is 0 Å². The van der Waals surface area contributed by atoms with Crippen molar-refractivity contribution in [1.29, 1.82) is 0 Å². The molecule has 24 heavy (non-hydrogen) atoms. The van der Waals surface area contributed by atoms with Crippen molar-refractivity contribution in [2.24, 2.45) is 10.9 Å². The summed E-state index contributed by atoms with van der Waals surface area (Å²) < 4.78 is 10.2. The molecule has 1 aliphatic heterocycles. The molecular weight excluding hydrogens is 310 g/mol. The second kappa shape index (κ2) is 6.82. The average Bonchev–Trinajstić information content (AvgIpc) is 2.88. The van der Waals surface area contributed by atoms with Crippen molar-refractivity contribution < 1.29 is 19.1 Å². The number of rotatable bonds is 6. The maximum atomic E-state index is 12.3. The van der Waals surface area contributed by atoms with Crippen LogP contribution in [-0.2, 0) is 9.53 Å². The summed E-state index contributed by atoms with van der Waals surface area (Å²) in [6, 6.07) is 1.51. The van der Waals surface area contributed by atoms with Gasteiger partial charge in [0.05, 0.1) is 18.9 Å². The summed E-state index contributed by atoms with van der Waals surface area (Å²) in [4.78, 5) is 33.1. The number of nitrogens with zero attached hydrogens (tertiary/aromatic N) is 2. The van der Waals surface area contributed by atoms with Gasteiger partial charge in [-0.3, -0.25) is 4.79 Å². The molecular formula is C17H21N3O4. The van der Waals surface area contributed by atoms with Gasteiger partial charge in [0.1, 0.15) is 23.6 Å². The van der Waals surface area contributed by atoms with Gasteiger partial charge in [-0.25, -0.2) is 14.8 Å². The normalized spacial score (nSPS) is 19.7. The smallest absolute Gasteiger partial charge is 0.340 e. The van der Waals surface area contributed by atoms with E-state index in [0.717, 1.165) is 0 Å². The van der Waals surface area contributed by atoms with Crippen LogP contribution < -0.4 is 10.1 Å². The Balaban J connectivity index is 2.48. The van der Waals surface area contributed by atoms with Gasteiger partial charge < -0.3 is 14.8 Å². The highest BCUT2D eigenvalue weighted by atomic mass is 16.5. The van der Waals surface area contributed by atoms with E-state index in [-0.39, 0.29) is 35.5 Å². The minimum Gasteiger partial charge on any atom is -0.488 e. The van der Waals surface area contributed by atoms with Crippen molar-refractivity contribution in [2.75, 3.05) is 13.7 Å². The molecule has 2 heterocycles. The van der Waals surface area contributed by atoms with Crippen LogP contribution in [-0.4, -0.2) is 42.0 Å². The first-order valence-corrected chi connectivity index (χ1v) is 7.57. The predicted molar refractivity (Wildman–Crippen MR) is 89.2 cm³/mol. The zero-order valence-electron chi connectivity index (χ0n) is 14.3. The van der Waals surface area contributed by atoms with Crippen LogP contribution in [0.25, 0.3) is 0 Å². The standard InChI is InChI=1S/C17H21N3O4/c1-6-7-24-11-8-12(15(21)23-5)13(18-9-11)14-19-16(22)17(4,20-14)10(2)3/h6,8-10H,1,7H2,2-5H3,(H,19,20,22). The van der Waals surface area contributed by atoms with Crippen molar-refractivity contribution in [1.82, 2.24) is 10.3 Å². The van der Waals surface area contributed by atoms with Gasteiger partial charge >= 0.3 is 5.97 Å². The molecule has 7 heteroatoms. The Morgan fingerprint density at radius 1 is 1.50 bits per heavy atom. The molecule has 1 aliphatic rings. The van der Waals surface area contributed by atoms with Crippen LogP contribution in [0.2, 0.25) is 0 Å². The van der Waals surface area contributed by atoms with E-state index in [0.29, 0.717) is 5.75 Å². The maximum Gasteiger partial charge on any atom is 0.340 e. The van der Waals surface area contributed by atoms with Gasteiger partial charge in [0, 0.05) is 0 Å². The van der Waals surface area contributed by atoms with Crippen molar-refractivity contribution in [3.05, 3.63) is 36.2 Å². The number of amides is 1. The minimum absolute atomic E-state index is 0.00762. The first-order chi connectivity index (χ1) is 11.3. The Morgan fingerprint density at radius 3 is 2.75 bits per heavy atom. The first-order valence-electron chi connectivity index (χ1n) is 7.57. The van der Waals surface area contributed by atoms with Crippen LogP contribution in [0.1, 0.15) is 36.8 Å². The molecule has 128 valence electrons. The zero-order chi connectivity index (χ0) is 17.9. The maximum absolute atomic E-state index is 12.3. The Bertz CT molecular complexity index is 712. The summed E-state index contributed by atoms with van der Waals surface area (Å²) in [5.41, 5.74) is -0.473. The number of pyridine rings is 1. The third-order valence-corrected chi connectivity index (χ3v) is 4.02. The number of aliphatic imine (C=N–C) groups is 1. The molecule has 1 N–H and O–H groups in total. The minimum atomic E-state index is -0.900. The van der Waals surface area contributed by atoms with Gasteiger partial charge in [-0.05, 0) is 18.9 Å². The van der Waals surface area contributed by atoms with E-state index < -0.39 is 11.5 Å². The number of hydrogen-bond acceptors (Lipinski definition) is 6. The summed E-state index contributed by atoms with van der Waals surface area (Å²) in [6.45, 7) is 9.42. The molecule has 0 aromatic carbocycles. The molecule has 1 atom stereocenters. The summed E-state index contributed by atoms with van der Waals surface area (Å²) in [5.74, 6) is -0.164. The number of esters is 1. The van der Waals surface area contributed by atoms with Crippen molar-refractivity contribution in [2.45, 2.75) is 26.3 Å². The lowest BCUT2D eigenvalue weighted by atomic mass is 9.89. The molecule has 1 unspecified atom stereocenters. The van der Waals surface area contributed by atoms with Crippen LogP contribution in [0, 0.1) is 5.92 Å². The van der Waals surface area contributed by atoms with Crippen LogP contribution in [0.15, 0.2) is 29.9 Å². The molecule has 1 amide bonds. The fraction of sp³-hybridized carbons (Fsp3) is 0.412. The first kappa shape index (κ1) is 17.7. The van der Waals surface area contributed by atoms with E-state index in [1.807, 2.05) is 13.8 Å². The molecule has 0 radical (unpaired) electrons. The van der Waals surface area contributed by atoms with Gasteiger partial charge in [0.25, 0.3) is 5.91 Å². The lowest BCUT2D eigenvalue weighted by Gasteiger charge is -2.21. The van der Waals surface area contributed by atoms with E-state index in [9.17, 15) is 9.59 Å². The van der Waals surface area contributed by atoms with Crippen molar-refractivity contribution >= 4 is 17.7 Å². The monoisotopic (exact) mass is 331 g/mol. The predicted octanol–water partition coefficient (Wildman–Crippen LogP) is 1.72. The van der Waals surface area contributed by atoms with E-state index in [1.54, 1.807) is 13.0 Å². The van der Waals surface area contributed by atoms with Crippen LogP contribution in [0.3, 0.4) is 0 Å². The summed E-state index contributed by atoms with van der Waals surface area (Å²) in [5, 5.41) is 2.71. The molecule has 0 bridgehead atoms. The number of carbonyl (C=O) groups is 2. The van der Waals surface area contributed by atoms with Gasteiger partial charge in [-0.1, -0.05) is 26.5 Å². The average molecular weight is 331 g/mol. The van der Waals surface area contributed by atoms with Gasteiger partial charge in [0.2, 0.25) is 0 Å². The zero-order valence-corrected chi connectivity index (χ0v) is 14.3. The van der Waals surface area contributed by atoms with E-state index in [1.165, 1.54) is 19.4 Å². The second-order valence-electron chi connectivity index (χ2n) is 5.88. The third kappa shape index (κ3) is 3.15. The lowest BCUT2D eigenvalue weighted by Crippen LogP contribution is -2.41. The van der Waals surface area contributed by atoms with Crippen molar-refractivity contribution in [3.63, 3.8) is 0 Å². The SMILES string of the molecule is C=CCOc1cnc(C2=NC(C)(C(C)C)C(=O)N2)c(C(=O)OC)c1.